The second kappa shape index (κ2) is 8.94. The van der Waals surface area contributed by atoms with Crippen LogP contribution in [0.1, 0.15) is 0 Å². The highest BCUT2D eigenvalue weighted by atomic mass is 16.4. The molecule has 8 N–H and O–H groups in total. The Morgan fingerprint density at radius 3 is 1.71 bits per heavy atom. The Hall–Kier alpha value is -0.850. The first kappa shape index (κ1) is 9.47. The van der Waals surface area contributed by atoms with Crippen molar-refractivity contribution in [1.82, 2.24) is 5.43 Å². The quantitative estimate of drug-likeness (QED) is 0.138. The van der Waals surface area contributed by atoms with Crippen molar-refractivity contribution in [3.8, 4) is 0 Å². The normalized spacial score (nSPS) is 5.57. The fraction of sp³-hybridized carbons (Fsp3) is 0. The fourth-order valence-electron chi connectivity index (χ4n) is 0. The van der Waals surface area contributed by atoms with Crippen LogP contribution >= 0.6 is 0 Å². The van der Waals surface area contributed by atoms with Crippen LogP contribution in [0.25, 0.3) is 0 Å². The fourth-order valence-corrected chi connectivity index (χ4v) is 0. The first-order valence-corrected chi connectivity index (χ1v) is 1.29. The predicted octanol–water partition coefficient (Wildman–Crippen LogP) is -2.14. The summed E-state index contributed by atoms with van der Waals surface area (Å²) in [4.78, 5) is 9.35. The van der Waals surface area contributed by atoms with Gasteiger partial charge in [0.1, 0.15) is 0 Å². The van der Waals surface area contributed by atoms with Gasteiger partial charge in [-0.3, -0.25) is 5.43 Å². The second-order valence-electron chi connectivity index (χ2n) is 0.509. The zero-order valence-corrected chi connectivity index (χ0v) is 3.59. The van der Waals surface area contributed by atoms with E-state index in [0.29, 0.717) is 0 Å². The summed E-state index contributed by atoms with van der Waals surface area (Å²) < 4.78 is 0. The van der Waals surface area contributed by atoms with Gasteiger partial charge in [0.25, 0.3) is 0 Å². The Balaban J connectivity index is 0. The smallest absolute Gasteiger partial charge is 0.326 e. The molecule has 6 nitrogen and oxygen atoms in total. The highest BCUT2D eigenvalue weighted by molar-refractivity contribution is 5.70. The van der Waals surface area contributed by atoms with Gasteiger partial charge in [-0.1, -0.05) is 0 Å². The maximum Gasteiger partial charge on any atom is 0.326 e. The van der Waals surface area contributed by atoms with Crippen molar-refractivity contribution in [2.45, 2.75) is 0 Å². The molecule has 0 aromatic heterocycles. The summed E-state index contributed by atoms with van der Waals surface area (Å²) in [7, 11) is 0. The van der Waals surface area contributed by atoms with Crippen LogP contribution in [0.4, 0.5) is 4.79 Å². The monoisotopic (exact) mass is 108 g/mol. The van der Waals surface area contributed by atoms with Gasteiger partial charge in [0, 0.05) is 0 Å². The Labute approximate surface area is 40.2 Å². The zero-order valence-electron chi connectivity index (χ0n) is 3.59. The number of rotatable bonds is 0. The summed E-state index contributed by atoms with van der Waals surface area (Å²) in [6.07, 6.45) is 0. The van der Waals surface area contributed by atoms with Crippen LogP contribution in [-0.2, 0) is 0 Å². The third-order valence-corrected chi connectivity index (χ3v) is 0.142. The van der Waals surface area contributed by atoms with Gasteiger partial charge in [-0.2, -0.15) is 0 Å². The number of carbonyl (C=O) groups is 1. The molecule has 0 aromatic carbocycles. The van der Waals surface area contributed by atoms with E-state index in [1.165, 1.54) is 0 Å². The van der Waals surface area contributed by atoms with E-state index in [0.717, 1.165) is 0 Å². The van der Waals surface area contributed by atoms with Crippen molar-refractivity contribution < 1.29 is 10.0 Å². The van der Waals surface area contributed by atoms with Crippen LogP contribution in [-0.4, -0.2) is 11.2 Å². The maximum absolute atomic E-state index is 9.35. The average molecular weight is 108 g/mol. The van der Waals surface area contributed by atoms with Gasteiger partial charge in [0.15, 0.2) is 0 Å². The Morgan fingerprint density at radius 2 is 1.71 bits per heavy atom. The van der Waals surface area contributed by atoms with Crippen LogP contribution in [0, 0.1) is 0 Å². The molecular formula is CH8N4O2. The summed E-state index contributed by atoms with van der Waals surface area (Å²) in [5.74, 6) is 7.95. The highest BCUT2D eigenvalue weighted by Gasteiger charge is 1.73. The standard InChI is InChI=1S/CH5N3O.H3NO/c2-1(5)4-3;1-2/h3H2,(H3,2,4,5);2H,1H2. The maximum atomic E-state index is 9.35. The minimum atomic E-state index is -0.718. The lowest BCUT2D eigenvalue weighted by Gasteiger charge is -1.81. The second-order valence-corrected chi connectivity index (χ2v) is 0.509. The van der Waals surface area contributed by atoms with Gasteiger partial charge in [0.05, 0.1) is 0 Å². The SMILES string of the molecule is NNC(N)=O.NO. The topological polar surface area (TPSA) is 127 Å². The first-order chi connectivity index (χ1) is 3.27. The van der Waals surface area contributed by atoms with Crippen LogP contribution < -0.4 is 22.9 Å². The Morgan fingerprint density at radius 1 is 1.57 bits per heavy atom. The molecule has 6 heteroatoms. The first-order valence-electron chi connectivity index (χ1n) is 1.29. The number of carbonyl (C=O) groups excluding carboxylic acids is 1. The molecule has 44 valence electrons. The van der Waals surface area contributed by atoms with E-state index < -0.39 is 6.03 Å². The summed E-state index contributed by atoms with van der Waals surface area (Å²) in [5, 5.41) is 6.50. The molecule has 0 aliphatic carbocycles. The Bertz CT molecular complexity index is 45.0. The predicted molar refractivity (Wildman–Crippen MR) is 22.9 cm³/mol. The molecule has 0 unspecified atom stereocenters. The largest absolute Gasteiger partial charge is 0.351 e. The van der Waals surface area contributed by atoms with Crippen molar-refractivity contribution in [3.05, 3.63) is 0 Å². The number of primary amides is 1. The van der Waals surface area contributed by atoms with Gasteiger partial charge in [0.2, 0.25) is 0 Å². The molecule has 0 aliphatic rings. The zero-order chi connectivity index (χ0) is 6.28. The molecule has 0 rings (SSSR count). The van der Waals surface area contributed by atoms with E-state index in [2.05, 4.69) is 17.5 Å². The lowest BCUT2D eigenvalue weighted by Crippen LogP contribution is -2.34. The number of hydrogen-bond donors (Lipinski definition) is 5. The van der Waals surface area contributed by atoms with Gasteiger partial charge >= 0.3 is 6.03 Å². The van der Waals surface area contributed by atoms with E-state index in [1.807, 2.05) is 0 Å². The summed E-state index contributed by atoms with van der Waals surface area (Å²) in [6, 6.07) is -0.718. The van der Waals surface area contributed by atoms with Crippen molar-refractivity contribution in [2.24, 2.45) is 17.5 Å². The minimum Gasteiger partial charge on any atom is -0.351 e. The molecular weight excluding hydrogens is 100 g/mol. The van der Waals surface area contributed by atoms with Crippen LogP contribution in [0.5, 0.6) is 0 Å². The molecule has 2 amide bonds. The summed E-state index contributed by atoms with van der Waals surface area (Å²) >= 11 is 0. The van der Waals surface area contributed by atoms with Crippen molar-refractivity contribution in [2.75, 3.05) is 0 Å². The van der Waals surface area contributed by atoms with Gasteiger partial charge in [-0.25, -0.2) is 16.5 Å². The van der Waals surface area contributed by atoms with E-state index in [4.69, 9.17) is 5.21 Å². The van der Waals surface area contributed by atoms with E-state index in [-0.39, 0.29) is 0 Å². The van der Waals surface area contributed by atoms with E-state index >= 15 is 0 Å². The molecule has 0 fully saturated rings. The lowest BCUT2D eigenvalue weighted by atomic mass is 11.2. The van der Waals surface area contributed by atoms with Crippen LogP contribution in [0.15, 0.2) is 0 Å². The lowest BCUT2D eigenvalue weighted by molar-refractivity contribution is 0.249. The number of amides is 2. The molecule has 0 spiro atoms. The highest BCUT2D eigenvalue weighted by Crippen LogP contribution is 1.34. The van der Waals surface area contributed by atoms with Crippen molar-refractivity contribution in [1.29, 1.82) is 0 Å². The van der Waals surface area contributed by atoms with E-state index in [1.54, 1.807) is 5.43 Å². The minimum absolute atomic E-state index is 0.718. The van der Waals surface area contributed by atoms with Gasteiger partial charge in [-0.15, -0.1) is 0 Å². The number of nitrogens with one attached hydrogen (secondary N) is 1. The molecule has 0 heterocycles. The average Bonchev–Trinajstić information content (AvgIpc) is 1.73. The molecule has 0 saturated carbocycles. The number of hydrazine groups is 1. The van der Waals surface area contributed by atoms with Gasteiger partial charge in [-0.05, 0) is 0 Å². The van der Waals surface area contributed by atoms with E-state index in [9.17, 15) is 4.79 Å². The number of nitrogens with two attached hydrogens (primary N) is 3. The van der Waals surface area contributed by atoms with Crippen LogP contribution in [0.3, 0.4) is 0 Å². The molecule has 0 saturated heterocycles. The molecule has 0 bridgehead atoms. The molecule has 0 radical (unpaired) electrons. The molecule has 0 aliphatic heterocycles. The Kier molecular flexibility index (Phi) is 12.1. The van der Waals surface area contributed by atoms with Crippen molar-refractivity contribution >= 4 is 6.03 Å². The third-order valence-electron chi connectivity index (χ3n) is 0.142. The van der Waals surface area contributed by atoms with Gasteiger partial charge < -0.3 is 10.9 Å². The molecule has 7 heavy (non-hydrogen) atoms. The van der Waals surface area contributed by atoms with Crippen LogP contribution in [0.2, 0.25) is 0 Å². The molecule has 0 aromatic rings. The number of urea groups is 1. The number of hydrogen-bond acceptors (Lipinski definition) is 4. The molecule has 0 atom stereocenters. The summed E-state index contributed by atoms with van der Waals surface area (Å²) in [5.41, 5.74) is 6.08. The van der Waals surface area contributed by atoms with Crippen molar-refractivity contribution in [3.63, 3.8) is 0 Å². The third kappa shape index (κ3) is 38.6. The summed E-state index contributed by atoms with van der Waals surface area (Å²) in [6.45, 7) is 0.